The van der Waals surface area contributed by atoms with Crippen molar-refractivity contribution in [2.24, 2.45) is 5.41 Å². The molecule has 114 valence electrons. The van der Waals surface area contributed by atoms with Crippen LogP contribution >= 0.6 is 0 Å². The monoisotopic (exact) mass is 290 g/mol. The second kappa shape index (κ2) is 7.63. The van der Waals surface area contributed by atoms with Crippen LogP contribution in [0.3, 0.4) is 0 Å². The van der Waals surface area contributed by atoms with Crippen LogP contribution in [0, 0.1) is 5.41 Å². The van der Waals surface area contributed by atoms with Crippen molar-refractivity contribution in [3.8, 4) is 0 Å². The average molecular weight is 290 g/mol. The minimum absolute atomic E-state index is 0.427. The van der Waals surface area contributed by atoms with Crippen molar-refractivity contribution in [2.75, 3.05) is 0 Å². The number of rotatable bonds is 1. The van der Waals surface area contributed by atoms with Crippen molar-refractivity contribution in [3.63, 3.8) is 0 Å². The molecule has 1 saturated carbocycles. The lowest BCUT2D eigenvalue weighted by Gasteiger charge is -2.24. The average Bonchev–Trinajstić information content (AvgIpc) is 2.29. The second-order valence-corrected chi connectivity index (χ2v) is 8.55. The van der Waals surface area contributed by atoms with E-state index in [4.69, 9.17) is 0 Å². The molecule has 0 saturated heterocycles. The van der Waals surface area contributed by atoms with Gasteiger partial charge in [0.15, 0.2) is 0 Å². The Labute approximate surface area is 118 Å². The highest BCUT2D eigenvalue weighted by molar-refractivity contribution is 7.86. The van der Waals surface area contributed by atoms with Gasteiger partial charge in [0.25, 0.3) is 10.1 Å². The highest BCUT2D eigenvalue weighted by Crippen LogP contribution is 2.31. The van der Waals surface area contributed by atoms with E-state index in [1.54, 1.807) is 0 Å². The van der Waals surface area contributed by atoms with Crippen LogP contribution in [0.25, 0.3) is 0 Å². The van der Waals surface area contributed by atoms with Crippen molar-refractivity contribution in [1.29, 1.82) is 0 Å². The predicted molar refractivity (Wildman–Crippen MR) is 79.9 cm³/mol. The summed E-state index contributed by atoms with van der Waals surface area (Å²) >= 11 is 0. The Hall–Kier alpha value is -0.0900. The minimum Gasteiger partial charge on any atom is -0.285 e. The first-order chi connectivity index (χ1) is 8.81. The largest absolute Gasteiger partial charge is 0.285 e. The number of hydrogen-bond donors (Lipinski definition) is 1. The maximum Gasteiger partial charge on any atom is 0.267 e. The third-order valence-corrected chi connectivity index (χ3v) is 5.74. The van der Waals surface area contributed by atoms with Crippen molar-refractivity contribution in [3.05, 3.63) is 0 Å². The molecular weight excluding hydrogens is 260 g/mol. The summed E-state index contributed by atoms with van der Waals surface area (Å²) < 4.78 is 31.9. The van der Waals surface area contributed by atoms with E-state index in [2.05, 4.69) is 13.8 Å². The molecule has 0 aromatic heterocycles. The van der Waals surface area contributed by atoms with Gasteiger partial charge in [-0.1, -0.05) is 58.8 Å². The molecule has 1 rings (SSSR count). The molecule has 0 heterocycles. The summed E-state index contributed by atoms with van der Waals surface area (Å²) in [6.07, 6.45) is 11.3. The first-order valence-electron chi connectivity index (χ1n) is 7.78. The van der Waals surface area contributed by atoms with E-state index in [9.17, 15) is 13.0 Å². The van der Waals surface area contributed by atoms with Crippen molar-refractivity contribution >= 4 is 10.1 Å². The standard InChI is InChI=1S/C15H30O3S/c1-15(2)12-8-4-3-6-10-14(19(16,17)18)11-7-5-9-13-15/h14H,3-13H2,1-2H3,(H,16,17,18). The van der Waals surface area contributed by atoms with Crippen LogP contribution in [0.4, 0.5) is 0 Å². The predicted octanol–water partition coefficient (Wildman–Crippen LogP) is 4.57. The zero-order valence-corrected chi connectivity index (χ0v) is 13.3. The minimum atomic E-state index is -3.85. The summed E-state index contributed by atoms with van der Waals surface area (Å²) in [6.45, 7) is 4.68. The third kappa shape index (κ3) is 7.31. The Morgan fingerprint density at radius 2 is 1.26 bits per heavy atom. The van der Waals surface area contributed by atoms with Gasteiger partial charge in [-0.2, -0.15) is 8.42 Å². The summed E-state index contributed by atoms with van der Waals surface area (Å²) in [7, 11) is -3.85. The quantitative estimate of drug-likeness (QED) is 0.719. The molecular formula is C15H30O3S. The topological polar surface area (TPSA) is 54.4 Å². The summed E-state index contributed by atoms with van der Waals surface area (Å²) in [5.41, 5.74) is 0.427. The second-order valence-electron chi connectivity index (χ2n) is 6.85. The van der Waals surface area contributed by atoms with E-state index in [-0.39, 0.29) is 0 Å². The maximum absolute atomic E-state index is 11.3. The van der Waals surface area contributed by atoms with Crippen molar-refractivity contribution in [1.82, 2.24) is 0 Å². The Morgan fingerprint density at radius 3 is 1.74 bits per heavy atom. The molecule has 0 amide bonds. The molecule has 1 aliphatic carbocycles. The van der Waals surface area contributed by atoms with Gasteiger partial charge < -0.3 is 0 Å². The van der Waals surface area contributed by atoms with Gasteiger partial charge in [0.05, 0.1) is 5.25 Å². The van der Waals surface area contributed by atoms with E-state index in [0.29, 0.717) is 18.3 Å². The lowest BCUT2D eigenvalue weighted by molar-refractivity contribution is 0.283. The molecule has 19 heavy (non-hydrogen) atoms. The normalized spacial score (nSPS) is 27.8. The molecule has 1 unspecified atom stereocenters. The molecule has 0 bridgehead atoms. The van der Waals surface area contributed by atoms with Gasteiger partial charge in [-0.05, 0) is 31.1 Å². The molecule has 0 aromatic rings. The van der Waals surface area contributed by atoms with Gasteiger partial charge in [-0.15, -0.1) is 0 Å². The van der Waals surface area contributed by atoms with E-state index in [0.717, 1.165) is 25.7 Å². The maximum atomic E-state index is 11.3. The van der Waals surface area contributed by atoms with Gasteiger partial charge in [0.1, 0.15) is 0 Å². The molecule has 0 radical (unpaired) electrons. The molecule has 0 spiro atoms. The molecule has 1 aliphatic rings. The molecule has 0 aliphatic heterocycles. The van der Waals surface area contributed by atoms with Crippen molar-refractivity contribution in [2.45, 2.75) is 89.7 Å². The fraction of sp³-hybridized carbons (Fsp3) is 1.00. The Balaban J connectivity index is 2.52. The first kappa shape index (κ1) is 17.0. The van der Waals surface area contributed by atoms with E-state index in [1.807, 2.05) is 0 Å². The summed E-state index contributed by atoms with van der Waals surface area (Å²) in [6, 6.07) is 0. The fourth-order valence-electron chi connectivity index (χ4n) is 3.05. The molecule has 1 atom stereocenters. The van der Waals surface area contributed by atoms with Gasteiger partial charge in [-0.25, -0.2) is 0 Å². The van der Waals surface area contributed by atoms with Crippen LogP contribution in [-0.4, -0.2) is 18.2 Å². The van der Waals surface area contributed by atoms with Crippen LogP contribution in [0.15, 0.2) is 0 Å². The van der Waals surface area contributed by atoms with E-state index in [1.165, 1.54) is 32.1 Å². The van der Waals surface area contributed by atoms with Gasteiger partial charge in [0, 0.05) is 0 Å². The summed E-state index contributed by atoms with van der Waals surface area (Å²) in [5.74, 6) is 0. The van der Waals surface area contributed by atoms with Crippen LogP contribution in [-0.2, 0) is 10.1 Å². The van der Waals surface area contributed by atoms with E-state index >= 15 is 0 Å². The highest BCUT2D eigenvalue weighted by atomic mass is 32.2. The Morgan fingerprint density at radius 1 is 0.842 bits per heavy atom. The van der Waals surface area contributed by atoms with Crippen molar-refractivity contribution < 1.29 is 13.0 Å². The zero-order chi connectivity index (χ0) is 14.4. The first-order valence-corrected chi connectivity index (χ1v) is 9.28. The van der Waals surface area contributed by atoms with Crippen LogP contribution in [0.2, 0.25) is 0 Å². The molecule has 1 fully saturated rings. The van der Waals surface area contributed by atoms with Crippen LogP contribution in [0.1, 0.15) is 84.5 Å². The molecule has 0 aromatic carbocycles. The molecule has 4 heteroatoms. The number of hydrogen-bond acceptors (Lipinski definition) is 2. The summed E-state index contributed by atoms with van der Waals surface area (Å²) in [5, 5.41) is -0.527. The smallest absolute Gasteiger partial charge is 0.267 e. The zero-order valence-electron chi connectivity index (χ0n) is 12.5. The SMILES string of the molecule is CC1(C)CCCCCCC(S(=O)(=O)O)CCCCC1. The summed E-state index contributed by atoms with van der Waals surface area (Å²) in [4.78, 5) is 0. The van der Waals surface area contributed by atoms with Crippen LogP contribution < -0.4 is 0 Å². The van der Waals surface area contributed by atoms with Crippen LogP contribution in [0.5, 0.6) is 0 Å². The Kier molecular flexibility index (Phi) is 6.81. The van der Waals surface area contributed by atoms with Gasteiger partial charge in [0.2, 0.25) is 0 Å². The molecule has 3 nitrogen and oxygen atoms in total. The fourth-order valence-corrected chi connectivity index (χ4v) is 3.98. The van der Waals surface area contributed by atoms with Gasteiger partial charge in [-0.3, -0.25) is 4.55 Å². The lowest BCUT2D eigenvalue weighted by Crippen LogP contribution is -2.20. The Bertz CT molecular complexity index is 346. The van der Waals surface area contributed by atoms with Gasteiger partial charge >= 0.3 is 0 Å². The van der Waals surface area contributed by atoms with E-state index < -0.39 is 15.4 Å². The molecule has 1 N–H and O–H groups in total. The highest BCUT2D eigenvalue weighted by Gasteiger charge is 2.23. The third-order valence-electron chi connectivity index (χ3n) is 4.43. The lowest BCUT2D eigenvalue weighted by atomic mass is 9.82.